The summed E-state index contributed by atoms with van der Waals surface area (Å²) in [4.78, 5) is 10.8. The van der Waals surface area contributed by atoms with Gasteiger partial charge in [0.15, 0.2) is 0 Å². The van der Waals surface area contributed by atoms with Crippen LogP contribution in [0.5, 0.6) is 5.75 Å². The van der Waals surface area contributed by atoms with E-state index >= 15 is 0 Å². The summed E-state index contributed by atoms with van der Waals surface area (Å²) >= 11 is 1.68. The minimum Gasteiger partial charge on any atom is -0.507 e. The predicted octanol–water partition coefficient (Wildman–Crippen LogP) is 0.828. The van der Waals surface area contributed by atoms with Crippen molar-refractivity contribution in [3.05, 3.63) is 23.8 Å². The summed E-state index contributed by atoms with van der Waals surface area (Å²) in [6, 6.07) is 3.31. The van der Waals surface area contributed by atoms with E-state index in [9.17, 15) is 18.3 Å². The molecule has 0 radical (unpaired) electrons. The van der Waals surface area contributed by atoms with Gasteiger partial charge >= 0.3 is 5.97 Å². The van der Waals surface area contributed by atoms with Gasteiger partial charge < -0.3 is 10.2 Å². The molecule has 0 amide bonds. The molecule has 0 saturated carbocycles. The van der Waals surface area contributed by atoms with Crippen LogP contribution < -0.4 is 0 Å². The van der Waals surface area contributed by atoms with E-state index in [1.165, 1.54) is 10.4 Å². The van der Waals surface area contributed by atoms with Gasteiger partial charge in [0.2, 0.25) is 10.0 Å². The summed E-state index contributed by atoms with van der Waals surface area (Å²) in [5.41, 5.74) is -0.410. The van der Waals surface area contributed by atoms with Gasteiger partial charge in [-0.1, -0.05) is 0 Å². The molecule has 0 atom stereocenters. The Bertz CT molecular complexity index is 593. The Morgan fingerprint density at radius 2 is 1.89 bits per heavy atom. The molecule has 0 aliphatic carbocycles. The first kappa shape index (κ1) is 14.2. The predicted molar refractivity (Wildman–Crippen MR) is 71.1 cm³/mol. The van der Waals surface area contributed by atoms with Crippen molar-refractivity contribution in [1.29, 1.82) is 0 Å². The Morgan fingerprint density at radius 1 is 1.26 bits per heavy atom. The fraction of sp³-hybridized carbons (Fsp3) is 0.364. The Kier molecular flexibility index (Phi) is 4.02. The number of phenols is 1. The average Bonchev–Trinajstić information content (AvgIpc) is 2.39. The first-order valence-corrected chi connectivity index (χ1v) is 8.16. The molecule has 19 heavy (non-hydrogen) atoms. The molecule has 0 unspecified atom stereocenters. The van der Waals surface area contributed by atoms with Gasteiger partial charge in [-0.05, 0) is 18.2 Å². The van der Waals surface area contributed by atoms with Crippen molar-refractivity contribution in [2.45, 2.75) is 4.90 Å². The molecular formula is C11H13NO5S2. The highest BCUT2D eigenvalue weighted by molar-refractivity contribution is 7.99. The first-order valence-electron chi connectivity index (χ1n) is 5.57. The summed E-state index contributed by atoms with van der Waals surface area (Å²) in [5.74, 6) is -0.351. The molecule has 1 fully saturated rings. The molecular weight excluding hydrogens is 290 g/mol. The second-order valence-corrected chi connectivity index (χ2v) is 7.16. The van der Waals surface area contributed by atoms with Gasteiger partial charge in [-0.2, -0.15) is 16.1 Å². The van der Waals surface area contributed by atoms with Gasteiger partial charge in [0, 0.05) is 24.6 Å². The Hall–Kier alpha value is -1.25. The number of hydrogen-bond acceptors (Lipinski definition) is 5. The number of benzene rings is 1. The highest BCUT2D eigenvalue weighted by atomic mass is 32.2. The zero-order chi connectivity index (χ0) is 14.0. The third-order valence-corrected chi connectivity index (χ3v) is 5.64. The number of hydrogen-bond donors (Lipinski definition) is 2. The molecule has 1 heterocycles. The van der Waals surface area contributed by atoms with Gasteiger partial charge in [-0.25, -0.2) is 13.2 Å². The summed E-state index contributed by atoms with van der Waals surface area (Å²) in [6.07, 6.45) is 0. The molecule has 2 N–H and O–H groups in total. The fourth-order valence-electron chi connectivity index (χ4n) is 1.78. The number of carboxylic acids is 1. The summed E-state index contributed by atoms with van der Waals surface area (Å²) in [7, 11) is -3.69. The third-order valence-electron chi connectivity index (χ3n) is 2.81. The fourth-order valence-corrected chi connectivity index (χ4v) is 4.39. The van der Waals surface area contributed by atoms with E-state index in [1.54, 1.807) is 11.8 Å². The number of nitrogens with zero attached hydrogens (tertiary/aromatic N) is 1. The smallest absolute Gasteiger partial charge is 0.339 e. The maximum atomic E-state index is 12.3. The molecule has 0 bridgehead atoms. The molecule has 1 aliphatic heterocycles. The van der Waals surface area contributed by atoms with E-state index in [0.29, 0.717) is 13.1 Å². The number of carboxylic acid groups (broad SMARTS) is 1. The van der Waals surface area contributed by atoms with Crippen LogP contribution in [0.25, 0.3) is 0 Å². The molecule has 2 rings (SSSR count). The zero-order valence-corrected chi connectivity index (χ0v) is 11.6. The summed E-state index contributed by atoms with van der Waals surface area (Å²) < 4.78 is 26.0. The van der Waals surface area contributed by atoms with Crippen LogP contribution >= 0.6 is 11.8 Å². The SMILES string of the molecule is O=C(O)c1cc(S(=O)(=O)N2CCSCC2)ccc1O. The third kappa shape index (κ3) is 2.85. The van der Waals surface area contributed by atoms with Crippen LogP contribution in [0.1, 0.15) is 10.4 Å². The lowest BCUT2D eigenvalue weighted by molar-refractivity contribution is 0.0693. The standard InChI is InChI=1S/C11H13NO5S2/c13-10-2-1-8(7-9(10)11(14)15)19(16,17)12-3-5-18-6-4-12/h1-2,7,13H,3-6H2,(H,14,15). The molecule has 8 heteroatoms. The number of rotatable bonds is 3. The van der Waals surface area contributed by atoms with E-state index in [-0.39, 0.29) is 4.90 Å². The van der Waals surface area contributed by atoms with Crippen LogP contribution in [0, 0.1) is 0 Å². The van der Waals surface area contributed by atoms with Crippen molar-refractivity contribution < 1.29 is 23.4 Å². The van der Waals surface area contributed by atoms with Gasteiger partial charge in [0.1, 0.15) is 11.3 Å². The number of sulfonamides is 1. The topological polar surface area (TPSA) is 94.9 Å². The molecule has 104 valence electrons. The highest BCUT2D eigenvalue weighted by Crippen LogP contribution is 2.25. The Balaban J connectivity index is 2.40. The van der Waals surface area contributed by atoms with Gasteiger partial charge in [0.05, 0.1) is 4.90 Å². The van der Waals surface area contributed by atoms with Crippen LogP contribution in [0.3, 0.4) is 0 Å². The minimum atomic E-state index is -3.69. The molecule has 0 aromatic heterocycles. The van der Waals surface area contributed by atoms with Crippen molar-refractivity contribution in [3.8, 4) is 5.75 Å². The van der Waals surface area contributed by atoms with Gasteiger partial charge in [-0.15, -0.1) is 0 Å². The molecule has 1 aromatic rings. The van der Waals surface area contributed by atoms with E-state index in [4.69, 9.17) is 5.11 Å². The first-order chi connectivity index (χ1) is 8.93. The Morgan fingerprint density at radius 3 is 2.47 bits per heavy atom. The summed E-state index contributed by atoms with van der Waals surface area (Å²) in [6.45, 7) is 0.826. The van der Waals surface area contributed by atoms with Crippen molar-refractivity contribution in [3.63, 3.8) is 0 Å². The van der Waals surface area contributed by atoms with E-state index < -0.39 is 27.3 Å². The van der Waals surface area contributed by atoms with Crippen LogP contribution in [0.15, 0.2) is 23.1 Å². The van der Waals surface area contributed by atoms with E-state index in [2.05, 4.69) is 0 Å². The van der Waals surface area contributed by atoms with Crippen LogP contribution in [-0.2, 0) is 10.0 Å². The van der Waals surface area contributed by atoms with E-state index in [0.717, 1.165) is 23.6 Å². The normalized spacial score (nSPS) is 17.3. The van der Waals surface area contributed by atoms with Crippen LogP contribution in [0.2, 0.25) is 0 Å². The van der Waals surface area contributed by atoms with Gasteiger partial charge in [-0.3, -0.25) is 0 Å². The molecule has 0 spiro atoms. The lowest BCUT2D eigenvalue weighted by atomic mass is 10.2. The molecule has 1 saturated heterocycles. The van der Waals surface area contributed by atoms with Crippen molar-refractivity contribution in [2.75, 3.05) is 24.6 Å². The molecule has 1 aliphatic rings. The summed E-state index contributed by atoms with van der Waals surface area (Å²) in [5, 5.41) is 18.3. The maximum Gasteiger partial charge on any atom is 0.339 e. The lowest BCUT2D eigenvalue weighted by Gasteiger charge is -2.25. The maximum absolute atomic E-state index is 12.3. The van der Waals surface area contributed by atoms with Crippen LogP contribution in [0.4, 0.5) is 0 Å². The number of aromatic hydroxyl groups is 1. The number of thioether (sulfide) groups is 1. The Labute approximate surface area is 115 Å². The van der Waals surface area contributed by atoms with Gasteiger partial charge in [0.25, 0.3) is 0 Å². The zero-order valence-electron chi connectivity index (χ0n) is 9.94. The number of aromatic carboxylic acids is 1. The molecule has 1 aromatic carbocycles. The van der Waals surface area contributed by atoms with Crippen molar-refractivity contribution in [1.82, 2.24) is 4.31 Å². The van der Waals surface area contributed by atoms with Crippen LogP contribution in [-0.4, -0.2) is 53.5 Å². The van der Waals surface area contributed by atoms with Crippen molar-refractivity contribution >= 4 is 27.8 Å². The van der Waals surface area contributed by atoms with Crippen molar-refractivity contribution in [2.24, 2.45) is 0 Å². The highest BCUT2D eigenvalue weighted by Gasteiger charge is 2.27. The minimum absolute atomic E-state index is 0.102. The molecule has 6 nitrogen and oxygen atoms in total. The second-order valence-electron chi connectivity index (χ2n) is 4.00. The monoisotopic (exact) mass is 303 g/mol. The largest absolute Gasteiger partial charge is 0.507 e. The van der Waals surface area contributed by atoms with E-state index in [1.807, 2.05) is 0 Å². The lowest BCUT2D eigenvalue weighted by Crippen LogP contribution is -2.37. The number of carbonyl (C=O) groups is 1. The quantitative estimate of drug-likeness (QED) is 0.859. The second kappa shape index (κ2) is 5.40. The average molecular weight is 303 g/mol.